The highest BCUT2D eigenvalue weighted by atomic mass is 16.4. The van der Waals surface area contributed by atoms with E-state index in [4.69, 9.17) is 5.11 Å². The number of hydrogen-bond donors (Lipinski definition) is 1. The molecule has 0 aliphatic heterocycles. The Morgan fingerprint density at radius 1 is 0.692 bits per heavy atom. The predicted molar refractivity (Wildman–Crippen MR) is 115 cm³/mol. The van der Waals surface area contributed by atoms with Crippen LogP contribution in [0.25, 0.3) is 0 Å². The molecule has 1 N–H and O–H groups in total. The number of rotatable bonds is 19. The average molecular weight is 367 g/mol. The van der Waals surface area contributed by atoms with Crippen molar-refractivity contribution in [2.75, 3.05) is 0 Å². The molecular formula is C24H46O2. The lowest BCUT2D eigenvalue weighted by atomic mass is 9.87. The zero-order valence-electron chi connectivity index (χ0n) is 18.0. The van der Waals surface area contributed by atoms with E-state index in [9.17, 15) is 4.79 Å². The Morgan fingerprint density at radius 2 is 1.08 bits per heavy atom. The molecule has 0 aromatic carbocycles. The van der Waals surface area contributed by atoms with Gasteiger partial charge in [0.25, 0.3) is 0 Å². The largest absolute Gasteiger partial charge is 0.481 e. The lowest BCUT2D eigenvalue weighted by Crippen LogP contribution is -2.23. The fraction of sp³-hybridized carbons (Fsp3) is 0.875. The minimum atomic E-state index is -0.668. The maximum Gasteiger partial charge on any atom is 0.309 e. The Kier molecular flexibility index (Phi) is 17.1. The van der Waals surface area contributed by atoms with Gasteiger partial charge in [-0.2, -0.15) is 0 Å². The van der Waals surface area contributed by atoms with Gasteiger partial charge in [-0.25, -0.2) is 0 Å². The topological polar surface area (TPSA) is 37.3 Å². The van der Waals surface area contributed by atoms with Gasteiger partial charge in [0, 0.05) is 0 Å². The first-order valence-corrected chi connectivity index (χ1v) is 11.4. The molecule has 0 saturated carbocycles. The van der Waals surface area contributed by atoms with Gasteiger partial charge in [0.2, 0.25) is 0 Å². The molecule has 0 heterocycles. The Hall–Kier alpha value is -0.790. The van der Waals surface area contributed by atoms with Gasteiger partial charge >= 0.3 is 5.97 Å². The Bertz CT molecular complexity index is 344. The monoisotopic (exact) mass is 366 g/mol. The second-order valence-electron chi connectivity index (χ2n) is 8.58. The maximum atomic E-state index is 11.0. The molecular weight excluding hydrogens is 320 g/mol. The molecule has 154 valence electrons. The van der Waals surface area contributed by atoms with Crippen molar-refractivity contribution < 1.29 is 9.90 Å². The van der Waals surface area contributed by atoms with Crippen LogP contribution in [0.15, 0.2) is 12.2 Å². The molecule has 0 saturated heterocycles. The van der Waals surface area contributed by atoms with Crippen molar-refractivity contribution in [1.82, 2.24) is 0 Å². The highest BCUT2D eigenvalue weighted by Gasteiger charge is 2.25. The summed E-state index contributed by atoms with van der Waals surface area (Å²) in [6.07, 6.45) is 26.6. The minimum Gasteiger partial charge on any atom is -0.481 e. The molecule has 0 fully saturated rings. The second-order valence-corrected chi connectivity index (χ2v) is 8.58. The van der Waals surface area contributed by atoms with Crippen molar-refractivity contribution in [2.45, 2.75) is 130 Å². The molecule has 0 amide bonds. The lowest BCUT2D eigenvalue weighted by molar-refractivity contribution is -0.147. The van der Waals surface area contributed by atoms with E-state index in [1.807, 2.05) is 13.8 Å². The Morgan fingerprint density at radius 3 is 1.50 bits per heavy atom. The summed E-state index contributed by atoms with van der Waals surface area (Å²) in [4.78, 5) is 11.0. The smallest absolute Gasteiger partial charge is 0.309 e. The fourth-order valence-corrected chi connectivity index (χ4v) is 3.27. The maximum absolute atomic E-state index is 11.0. The molecule has 0 aliphatic rings. The van der Waals surface area contributed by atoms with Crippen LogP contribution in [0.5, 0.6) is 0 Å². The lowest BCUT2D eigenvalue weighted by Gasteiger charge is -2.18. The van der Waals surface area contributed by atoms with E-state index in [-0.39, 0.29) is 0 Å². The summed E-state index contributed by atoms with van der Waals surface area (Å²) >= 11 is 0. The summed E-state index contributed by atoms with van der Waals surface area (Å²) in [6, 6.07) is 0. The van der Waals surface area contributed by atoms with Crippen molar-refractivity contribution in [3.05, 3.63) is 12.2 Å². The number of carboxylic acids is 1. The molecule has 2 heteroatoms. The van der Waals surface area contributed by atoms with Crippen LogP contribution in [0.3, 0.4) is 0 Å². The zero-order chi connectivity index (χ0) is 19.5. The molecule has 0 spiro atoms. The minimum absolute atomic E-state index is 0.553. The van der Waals surface area contributed by atoms with Crippen molar-refractivity contribution in [3.63, 3.8) is 0 Å². The van der Waals surface area contributed by atoms with E-state index in [0.717, 1.165) is 12.8 Å². The van der Waals surface area contributed by atoms with Crippen LogP contribution >= 0.6 is 0 Å². The predicted octanol–water partition coefficient (Wildman–Crippen LogP) is 8.31. The van der Waals surface area contributed by atoms with Gasteiger partial charge in [0.1, 0.15) is 0 Å². The first-order valence-electron chi connectivity index (χ1n) is 11.4. The SMILES string of the molecule is CCCCCCCC/C=C\CCCCCCCCCCC(C)(C)C(=O)O. The van der Waals surface area contributed by atoms with E-state index >= 15 is 0 Å². The summed E-state index contributed by atoms with van der Waals surface area (Å²) in [7, 11) is 0. The van der Waals surface area contributed by atoms with Crippen LogP contribution in [-0.2, 0) is 4.79 Å². The number of hydrogen-bond acceptors (Lipinski definition) is 1. The number of allylic oxidation sites excluding steroid dienone is 2. The average Bonchev–Trinajstić information content (AvgIpc) is 2.60. The van der Waals surface area contributed by atoms with Gasteiger partial charge in [0.15, 0.2) is 0 Å². The van der Waals surface area contributed by atoms with E-state index < -0.39 is 11.4 Å². The van der Waals surface area contributed by atoms with Gasteiger partial charge in [-0.05, 0) is 46.0 Å². The quantitative estimate of drug-likeness (QED) is 0.184. The molecule has 2 nitrogen and oxygen atoms in total. The van der Waals surface area contributed by atoms with Crippen molar-refractivity contribution in [3.8, 4) is 0 Å². The van der Waals surface area contributed by atoms with Crippen molar-refractivity contribution in [1.29, 1.82) is 0 Å². The first kappa shape index (κ1) is 25.2. The summed E-state index contributed by atoms with van der Waals surface area (Å²) in [5.41, 5.74) is -0.553. The normalized spacial score (nSPS) is 12.1. The van der Waals surface area contributed by atoms with E-state index in [2.05, 4.69) is 19.1 Å². The van der Waals surface area contributed by atoms with Crippen molar-refractivity contribution in [2.24, 2.45) is 5.41 Å². The van der Waals surface area contributed by atoms with Crippen LogP contribution in [0.1, 0.15) is 130 Å². The third-order valence-corrected chi connectivity index (χ3v) is 5.39. The van der Waals surface area contributed by atoms with Gasteiger partial charge < -0.3 is 5.11 Å². The Balaban J connectivity index is 3.22. The van der Waals surface area contributed by atoms with Crippen LogP contribution in [0.2, 0.25) is 0 Å². The van der Waals surface area contributed by atoms with Gasteiger partial charge in [0.05, 0.1) is 5.41 Å². The molecule has 0 aromatic heterocycles. The van der Waals surface area contributed by atoms with Gasteiger partial charge in [-0.1, -0.05) is 96.1 Å². The molecule has 26 heavy (non-hydrogen) atoms. The number of carbonyl (C=O) groups is 1. The van der Waals surface area contributed by atoms with E-state index in [0.29, 0.717) is 0 Å². The third-order valence-electron chi connectivity index (χ3n) is 5.39. The fourth-order valence-electron chi connectivity index (χ4n) is 3.27. The number of unbranched alkanes of at least 4 members (excludes halogenated alkanes) is 14. The molecule has 0 atom stereocenters. The number of aliphatic carboxylic acids is 1. The van der Waals surface area contributed by atoms with Crippen LogP contribution in [0, 0.1) is 5.41 Å². The van der Waals surface area contributed by atoms with Crippen LogP contribution in [-0.4, -0.2) is 11.1 Å². The molecule has 0 aliphatic carbocycles. The van der Waals surface area contributed by atoms with E-state index in [1.165, 1.54) is 96.3 Å². The highest BCUT2D eigenvalue weighted by Crippen LogP contribution is 2.24. The highest BCUT2D eigenvalue weighted by molar-refractivity contribution is 5.73. The molecule has 0 rings (SSSR count). The molecule has 0 radical (unpaired) electrons. The third kappa shape index (κ3) is 16.7. The first-order chi connectivity index (χ1) is 12.5. The summed E-state index contributed by atoms with van der Waals surface area (Å²) in [5, 5.41) is 9.08. The Labute approximate surface area is 163 Å². The van der Waals surface area contributed by atoms with Crippen LogP contribution < -0.4 is 0 Å². The standard InChI is InChI=1S/C24H46O2/c1-4-5-6-7-8-9-10-11-12-13-14-15-16-17-18-19-20-21-22-24(2,3)23(25)26/h11-12H,4-10,13-22H2,1-3H3,(H,25,26)/b12-11-. The number of carboxylic acid groups (broad SMARTS) is 1. The van der Waals surface area contributed by atoms with Crippen molar-refractivity contribution >= 4 is 5.97 Å². The summed E-state index contributed by atoms with van der Waals surface area (Å²) in [6.45, 7) is 5.93. The second kappa shape index (κ2) is 17.6. The summed E-state index contributed by atoms with van der Waals surface area (Å²) < 4.78 is 0. The molecule has 0 aromatic rings. The van der Waals surface area contributed by atoms with Crippen LogP contribution in [0.4, 0.5) is 0 Å². The zero-order valence-corrected chi connectivity index (χ0v) is 18.0. The molecule has 0 unspecified atom stereocenters. The van der Waals surface area contributed by atoms with Gasteiger partial charge in [-0.15, -0.1) is 0 Å². The summed E-state index contributed by atoms with van der Waals surface area (Å²) in [5.74, 6) is -0.668. The van der Waals surface area contributed by atoms with E-state index in [1.54, 1.807) is 0 Å². The van der Waals surface area contributed by atoms with Gasteiger partial charge in [-0.3, -0.25) is 4.79 Å². The molecule has 0 bridgehead atoms.